The van der Waals surface area contributed by atoms with Gasteiger partial charge in [-0.25, -0.2) is 4.85 Å². The van der Waals surface area contributed by atoms with Gasteiger partial charge in [-0.2, -0.15) is 5.10 Å². The molecule has 5 heteroatoms. The molecule has 3 rings (SSSR count). The number of pyridine rings is 1. The fraction of sp³-hybridized carbons (Fsp3) is 0.0769. The van der Waals surface area contributed by atoms with Crippen LogP contribution in [0.1, 0.15) is 0 Å². The van der Waals surface area contributed by atoms with Gasteiger partial charge in [-0.1, -0.05) is 6.07 Å². The summed E-state index contributed by atoms with van der Waals surface area (Å²) in [7, 11) is 1.87. The molecule has 0 spiro atoms. The highest BCUT2D eigenvalue weighted by Crippen LogP contribution is 2.38. The van der Waals surface area contributed by atoms with Crippen LogP contribution in [0.2, 0.25) is 0 Å². The highest BCUT2D eigenvalue weighted by molar-refractivity contribution is 9.10. The Hall–Kier alpha value is -2.06. The van der Waals surface area contributed by atoms with E-state index in [0.29, 0.717) is 5.69 Å². The highest BCUT2D eigenvalue weighted by Gasteiger charge is 2.17. The Balaban J connectivity index is 2.40. The molecule has 0 amide bonds. The Morgan fingerprint density at radius 3 is 2.89 bits per heavy atom. The van der Waals surface area contributed by atoms with Crippen LogP contribution < -0.4 is 0 Å². The van der Waals surface area contributed by atoms with E-state index in [1.54, 1.807) is 10.9 Å². The SMILES string of the molecule is [C-]#[N+]c1c(-c2c(Br)cnn2C)cn2ccccc12. The Morgan fingerprint density at radius 1 is 1.39 bits per heavy atom. The predicted molar refractivity (Wildman–Crippen MR) is 73.6 cm³/mol. The van der Waals surface area contributed by atoms with E-state index in [-0.39, 0.29) is 0 Å². The zero-order chi connectivity index (χ0) is 12.7. The van der Waals surface area contributed by atoms with E-state index < -0.39 is 0 Å². The normalized spacial score (nSPS) is 10.7. The third-order valence-electron chi connectivity index (χ3n) is 2.92. The Morgan fingerprint density at radius 2 is 2.22 bits per heavy atom. The smallest absolute Gasteiger partial charge is 0.221 e. The lowest BCUT2D eigenvalue weighted by atomic mass is 10.2. The molecule has 88 valence electrons. The summed E-state index contributed by atoms with van der Waals surface area (Å²) >= 11 is 3.48. The average Bonchev–Trinajstić information content (AvgIpc) is 2.89. The van der Waals surface area contributed by atoms with Crippen molar-refractivity contribution in [2.24, 2.45) is 7.05 Å². The van der Waals surface area contributed by atoms with Gasteiger partial charge >= 0.3 is 0 Å². The summed E-state index contributed by atoms with van der Waals surface area (Å²) in [5.41, 5.74) is 3.38. The first kappa shape index (κ1) is 11.1. The topological polar surface area (TPSA) is 26.6 Å². The number of aryl methyl sites for hydroxylation is 1. The van der Waals surface area contributed by atoms with Crippen LogP contribution in [-0.4, -0.2) is 14.2 Å². The van der Waals surface area contributed by atoms with Crippen molar-refractivity contribution in [2.45, 2.75) is 0 Å². The first-order valence-corrected chi connectivity index (χ1v) is 6.16. The van der Waals surface area contributed by atoms with E-state index in [9.17, 15) is 0 Å². The molecule has 0 fully saturated rings. The maximum absolute atomic E-state index is 7.39. The molecule has 3 aromatic heterocycles. The van der Waals surface area contributed by atoms with Gasteiger partial charge in [0.1, 0.15) is 0 Å². The van der Waals surface area contributed by atoms with Gasteiger partial charge in [-0.15, -0.1) is 0 Å². The van der Waals surface area contributed by atoms with Crippen LogP contribution in [0.15, 0.2) is 41.3 Å². The third kappa shape index (κ3) is 1.46. The molecule has 0 saturated heterocycles. The lowest BCUT2D eigenvalue weighted by Gasteiger charge is -2.00. The maximum Gasteiger partial charge on any atom is 0.221 e. The van der Waals surface area contributed by atoms with E-state index in [1.165, 1.54) is 0 Å². The minimum atomic E-state index is 0.653. The van der Waals surface area contributed by atoms with Crippen molar-refractivity contribution in [1.82, 2.24) is 14.2 Å². The molecule has 4 nitrogen and oxygen atoms in total. The number of nitrogens with zero attached hydrogens (tertiary/aromatic N) is 4. The molecule has 0 unspecified atom stereocenters. The summed E-state index contributed by atoms with van der Waals surface area (Å²) in [5, 5.41) is 4.20. The molecule has 0 N–H and O–H groups in total. The summed E-state index contributed by atoms with van der Waals surface area (Å²) in [5.74, 6) is 0. The maximum atomic E-state index is 7.39. The Bertz CT molecular complexity index is 756. The van der Waals surface area contributed by atoms with Crippen LogP contribution in [0.4, 0.5) is 5.69 Å². The van der Waals surface area contributed by atoms with Crippen molar-refractivity contribution in [3.63, 3.8) is 0 Å². The zero-order valence-corrected chi connectivity index (χ0v) is 11.2. The second-order valence-corrected chi connectivity index (χ2v) is 4.82. The molecule has 0 radical (unpaired) electrons. The molecule has 0 bridgehead atoms. The zero-order valence-electron chi connectivity index (χ0n) is 9.63. The van der Waals surface area contributed by atoms with E-state index >= 15 is 0 Å². The second kappa shape index (κ2) is 4.00. The predicted octanol–water partition coefficient (Wildman–Crippen LogP) is 3.65. The number of hydrogen-bond acceptors (Lipinski definition) is 1. The van der Waals surface area contributed by atoms with Crippen molar-refractivity contribution in [3.05, 3.63) is 52.7 Å². The fourth-order valence-corrected chi connectivity index (χ4v) is 2.67. The van der Waals surface area contributed by atoms with Gasteiger partial charge in [0, 0.05) is 25.0 Å². The number of fused-ring (bicyclic) bond motifs is 1. The van der Waals surface area contributed by atoms with Gasteiger partial charge in [0.05, 0.1) is 28.5 Å². The molecule has 3 aromatic rings. The molecule has 3 heterocycles. The van der Waals surface area contributed by atoms with E-state index in [1.807, 2.05) is 42.0 Å². The lowest BCUT2D eigenvalue weighted by molar-refractivity contribution is 0.776. The highest BCUT2D eigenvalue weighted by atomic mass is 79.9. The first-order valence-electron chi connectivity index (χ1n) is 5.37. The molecule has 0 atom stereocenters. The van der Waals surface area contributed by atoms with Crippen LogP contribution >= 0.6 is 15.9 Å². The Kier molecular flexibility index (Phi) is 2.46. The summed E-state index contributed by atoms with van der Waals surface area (Å²) in [6, 6.07) is 5.83. The quantitative estimate of drug-likeness (QED) is 0.630. The van der Waals surface area contributed by atoms with Crippen molar-refractivity contribution in [2.75, 3.05) is 0 Å². The Labute approximate surface area is 112 Å². The molecule has 0 aliphatic rings. The minimum absolute atomic E-state index is 0.653. The van der Waals surface area contributed by atoms with Crippen molar-refractivity contribution < 1.29 is 0 Å². The third-order valence-corrected chi connectivity index (χ3v) is 3.50. The summed E-state index contributed by atoms with van der Waals surface area (Å²) in [6.45, 7) is 7.39. The number of aromatic nitrogens is 3. The molecular formula is C13H9BrN4. The van der Waals surface area contributed by atoms with Crippen LogP contribution in [0.25, 0.3) is 21.6 Å². The van der Waals surface area contributed by atoms with Gasteiger partial charge in [0.2, 0.25) is 5.69 Å². The summed E-state index contributed by atoms with van der Waals surface area (Å²) in [4.78, 5) is 3.66. The summed E-state index contributed by atoms with van der Waals surface area (Å²) in [6.07, 6.45) is 5.65. The van der Waals surface area contributed by atoms with Crippen LogP contribution in [0, 0.1) is 6.57 Å². The van der Waals surface area contributed by atoms with Crippen LogP contribution in [-0.2, 0) is 7.05 Å². The van der Waals surface area contributed by atoms with Crippen molar-refractivity contribution in [1.29, 1.82) is 0 Å². The molecule has 0 aromatic carbocycles. The number of hydrogen-bond donors (Lipinski definition) is 0. The molecule has 18 heavy (non-hydrogen) atoms. The first-order chi connectivity index (χ1) is 8.72. The lowest BCUT2D eigenvalue weighted by Crippen LogP contribution is -1.92. The standard InChI is InChI=1S/C13H9BrN4/c1-15-12-9(13-10(14)7-16-17(13)2)8-18-6-4-3-5-11(12)18/h3-8H,2H3. The fourth-order valence-electron chi connectivity index (χ4n) is 2.11. The largest absolute Gasteiger partial charge is 0.334 e. The van der Waals surface area contributed by atoms with Crippen molar-refractivity contribution >= 4 is 27.1 Å². The van der Waals surface area contributed by atoms with Gasteiger partial charge in [-0.05, 0) is 28.1 Å². The average molecular weight is 301 g/mol. The van der Waals surface area contributed by atoms with E-state index in [0.717, 1.165) is 21.2 Å². The summed E-state index contributed by atoms with van der Waals surface area (Å²) < 4.78 is 4.63. The van der Waals surface area contributed by atoms with Gasteiger partial charge in [-0.3, -0.25) is 4.68 Å². The van der Waals surface area contributed by atoms with Crippen molar-refractivity contribution in [3.8, 4) is 11.3 Å². The van der Waals surface area contributed by atoms with Crippen LogP contribution in [0.5, 0.6) is 0 Å². The van der Waals surface area contributed by atoms with Gasteiger partial charge in [0.25, 0.3) is 0 Å². The molecular weight excluding hydrogens is 292 g/mol. The van der Waals surface area contributed by atoms with Crippen LogP contribution in [0.3, 0.4) is 0 Å². The number of rotatable bonds is 1. The van der Waals surface area contributed by atoms with Gasteiger partial charge in [0.15, 0.2) is 0 Å². The second-order valence-electron chi connectivity index (χ2n) is 3.96. The molecule has 0 aliphatic carbocycles. The monoisotopic (exact) mass is 300 g/mol. The van der Waals surface area contributed by atoms with Gasteiger partial charge < -0.3 is 4.40 Å². The minimum Gasteiger partial charge on any atom is -0.334 e. The van der Waals surface area contributed by atoms with E-state index in [4.69, 9.17) is 6.57 Å². The van der Waals surface area contributed by atoms with E-state index in [2.05, 4.69) is 25.9 Å². The molecule has 0 saturated carbocycles. The molecule has 0 aliphatic heterocycles. The number of halogens is 1.